The van der Waals surface area contributed by atoms with Gasteiger partial charge in [0, 0.05) is 13.0 Å². The minimum atomic E-state index is -0.238. The molecule has 0 aliphatic carbocycles. The summed E-state index contributed by atoms with van der Waals surface area (Å²) in [7, 11) is 0. The second-order valence-corrected chi connectivity index (χ2v) is 8.84. The van der Waals surface area contributed by atoms with Crippen LogP contribution in [0.4, 0.5) is 5.13 Å². The molecule has 0 bridgehead atoms. The van der Waals surface area contributed by atoms with Crippen molar-refractivity contribution in [2.75, 3.05) is 18.7 Å². The second kappa shape index (κ2) is 8.47. The zero-order valence-corrected chi connectivity index (χ0v) is 17.8. The summed E-state index contributed by atoms with van der Waals surface area (Å²) in [5, 5.41) is 11.9. The van der Waals surface area contributed by atoms with E-state index in [1.165, 1.54) is 28.0 Å². The van der Waals surface area contributed by atoms with Gasteiger partial charge in [-0.05, 0) is 30.2 Å². The average molecular weight is 449 g/mol. The number of ether oxygens (including phenoxy) is 2. The van der Waals surface area contributed by atoms with Crippen LogP contribution in [0.25, 0.3) is 6.08 Å². The fraction of sp³-hybridized carbons (Fsp3) is 0.278. The van der Waals surface area contributed by atoms with Crippen molar-refractivity contribution in [2.45, 2.75) is 19.8 Å². The maximum atomic E-state index is 12.7. The summed E-state index contributed by atoms with van der Waals surface area (Å²) in [6, 6.07) is 5.46. The molecule has 11 heteroatoms. The van der Waals surface area contributed by atoms with Crippen molar-refractivity contribution < 1.29 is 19.1 Å². The number of aryl methyl sites for hydroxylation is 1. The fourth-order valence-corrected chi connectivity index (χ4v) is 4.69. The molecule has 1 N–H and O–H groups in total. The van der Waals surface area contributed by atoms with E-state index in [1.54, 1.807) is 12.1 Å². The van der Waals surface area contributed by atoms with Gasteiger partial charge >= 0.3 is 0 Å². The van der Waals surface area contributed by atoms with E-state index in [0.29, 0.717) is 25.9 Å². The highest BCUT2D eigenvalue weighted by atomic mass is 32.2. The monoisotopic (exact) mass is 448 g/mol. The second-order valence-electron chi connectivity index (χ2n) is 6.10. The Morgan fingerprint density at radius 3 is 2.97 bits per heavy atom. The van der Waals surface area contributed by atoms with Gasteiger partial charge in [-0.1, -0.05) is 48.3 Å². The van der Waals surface area contributed by atoms with Crippen LogP contribution in [0.1, 0.15) is 23.9 Å². The molecule has 1 fully saturated rings. The Balaban J connectivity index is 1.37. The summed E-state index contributed by atoms with van der Waals surface area (Å²) in [5.41, 5.74) is 0.815. The quantitative estimate of drug-likeness (QED) is 0.532. The van der Waals surface area contributed by atoms with Gasteiger partial charge in [-0.2, -0.15) is 0 Å². The molecule has 4 rings (SSSR count). The summed E-state index contributed by atoms with van der Waals surface area (Å²) in [6.45, 7) is 2.37. The number of carbonyl (C=O) groups excluding carboxylic acids is 2. The Bertz CT molecular complexity index is 1020. The predicted molar refractivity (Wildman–Crippen MR) is 115 cm³/mol. The number of carbonyl (C=O) groups is 2. The number of anilines is 1. The molecule has 2 aliphatic heterocycles. The van der Waals surface area contributed by atoms with E-state index in [4.69, 9.17) is 21.7 Å². The van der Waals surface area contributed by atoms with Crippen molar-refractivity contribution >= 4 is 62.7 Å². The molecule has 2 aliphatic rings. The number of nitrogens with zero attached hydrogens (tertiary/aromatic N) is 3. The van der Waals surface area contributed by atoms with Crippen LogP contribution in [-0.2, 0) is 16.0 Å². The molecule has 29 heavy (non-hydrogen) atoms. The van der Waals surface area contributed by atoms with Crippen molar-refractivity contribution in [3.63, 3.8) is 0 Å². The topological polar surface area (TPSA) is 93.7 Å². The molecular weight excluding hydrogens is 432 g/mol. The first-order chi connectivity index (χ1) is 14.0. The zero-order valence-electron chi connectivity index (χ0n) is 15.3. The highest BCUT2D eigenvalue weighted by Crippen LogP contribution is 2.36. The zero-order chi connectivity index (χ0) is 20.4. The summed E-state index contributed by atoms with van der Waals surface area (Å²) >= 11 is 7.88. The van der Waals surface area contributed by atoms with Crippen LogP contribution in [0.5, 0.6) is 11.5 Å². The molecule has 1 saturated heterocycles. The van der Waals surface area contributed by atoms with Gasteiger partial charge in [0.15, 0.2) is 11.5 Å². The number of hydrogen-bond acceptors (Lipinski definition) is 9. The lowest BCUT2D eigenvalue weighted by atomic mass is 10.2. The Labute approximate surface area is 180 Å². The molecule has 2 amide bonds. The first-order valence-corrected chi connectivity index (χ1v) is 10.8. The Morgan fingerprint density at radius 1 is 1.34 bits per heavy atom. The Kier molecular flexibility index (Phi) is 5.79. The Hall–Kier alpha value is -2.50. The number of benzene rings is 1. The molecular formula is C18H16N4O4S3. The molecule has 0 radical (unpaired) electrons. The minimum absolute atomic E-state index is 0.116. The van der Waals surface area contributed by atoms with Crippen molar-refractivity contribution in [1.29, 1.82) is 0 Å². The van der Waals surface area contributed by atoms with E-state index < -0.39 is 0 Å². The van der Waals surface area contributed by atoms with Gasteiger partial charge in [-0.25, -0.2) is 0 Å². The molecule has 1 aromatic carbocycles. The molecule has 1 aromatic heterocycles. The first kappa shape index (κ1) is 19.8. The minimum Gasteiger partial charge on any atom is -0.454 e. The SMILES string of the molecule is CCc1nnc(NC(=O)CCN2C(=O)C(=Cc3ccc4c(c3)OCO4)SC2=S)s1. The molecule has 2 aromatic rings. The maximum Gasteiger partial charge on any atom is 0.266 e. The molecule has 150 valence electrons. The van der Waals surface area contributed by atoms with Gasteiger partial charge < -0.3 is 14.8 Å². The molecule has 0 spiro atoms. The summed E-state index contributed by atoms with van der Waals surface area (Å²) in [6.07, 6.45) is 2.64. The number of thioether (sulfide) groups is 1. The smallest absolute Gasteiger partial charge is 0.266 e. The van der Waals surface area contributed by atoms with Crippen LogP contribution in [0.3, 0.4) is 0 Å². The van der Waals surface area contributed by atoms with Gasteiger partial charge in [0.05, 0.1) is 4.91 Å². The number of rotatable bonds is 6. The lowest BCUT2D eigenvalue weighted by Gasteiger charge is -2.13. The number of aromatic nitrogens is 2. The van der Waals surface area contributed by atoms with Crippen LogP contribution >= 0.6 is 35.3 Å². The van der Waals surface area contributed by atoms with E-state index in [2.05, 4.69) is 15.5 Å². The predicted octanol–water partition coefficient (Wildman–Crippen LogP) is 3.06. The van der Waals surface area contributed by atoms with Crippen LogP contribution in [0.2, 0.25) is 0 Å². The van der Waals surface area contributed by atoms with E-state index >= 15 is 0 Å². The number of thiocarbonyl (C=S) groups is 1. The van der Waals surface area contributed by atoms with E-state index in [1.807, 2.05) is 19.1 Å². The highest BCUT2D eigenvalue weighted by molar-refractivity contribution is 8.26. The number of fused-ring (bicyclic) bond motifs is 1. The third-order valence-electron chi connectivity index (χ3n) is 4.15. The molecule has 8 nitrogen and oxygen atoms in total. The third kappa shape index (κ3) is 4.41. The van der Waals surface area contributed by atoms with E-state index in [9.17, 15) is 9.59 Å². The van der Waals surface area contributed by atoms with E-state index in [0.717, 1.165) is 17.0 Å². The van der Waals surface area contributed by atoms with Crippen molar-refractivity contribution in [3.05, 3.63) is 33.7 Å². The van der Waals surface area contributed by atoms with Crippen molar-refractivity contribution in [2.24, 2.45) is 0 Å². The van der Waals surface area contributed by atoms with Crippen LogP contribution < -0.4 is 14.8 Å². The number of nitrogens with one attached hydrogen (secondary N) is 1. The number of hydrogen-bond donors (Lipinski definition) is 1. The third-order valence-corrected chi connectivity index (χ3v) is 6.51. The highest BCUT2D eigenvalue weighted by Gasteiger charge is 2.32. The summed E-state index contributed by atoms with van der Waals surface area (Å²) < 4.78 is 11.1. The number of amides is 2. The summed E-state index contributed by atoms with van der Waals surface area (Å²) in [4.78, 5) is 26.8. The van der Waals surface area contributed by atoms with E-state index in [-0.39, 0.29) is 31.6 Å². The lowest BCUT2D eigenvalue weighted by molar-refractivity contribution is -0.122. The van der Waals surface area contributed by atoms with Crippen LogP contribution in [0.15, 0.2) is 23.1 Å². The van der Waals surface area contributed by atoms with Gasteiger partial charge in [-0.3, -0.25) is 14.5 Å². The van der Waals surface area contributed by atoms with Crippen LogP contribution in [0, 0.1) is 0 Å². The van der Waals surface area contributed by atoms with Crippen molar-refractivity contribution in [1.82, 2.24) is 15.1 Å². The average Bonchev–Trinajstić information content (AvgIpc) is 3.41. The molecule has 0 saturated carbocycles. The largest absolute Gasteiger partial charge is 0.454 e. The lowest BCUT2D eigenvalue weighted by Crippen LogP contribution is -2.31. The summed E-state index contributed by atoms with van der Waals surface area (Å²) in [5.74, 6) is 0.878. The maximum absolute atomic E-state index is 12.7. The molecule has 0 atom stereocenters. The molecule has 3 heterocycles. The van der Waals surface area contributed by atoms with Gasteiger partial charge in [0.25, 0.3) is 5.91 Å². The van der Waals surface area contributed by atoms with Gasteiger partial charge in [0.2, 0.25) is 17.8 Å². The Morgan fingerprint density at radius 2 is 2.17 bits per heavy atom. The fourth-order valence-electron chi connectivity index (χ4n) is 2.69. The standard InChI is InChI=1S/C18H16N4O4S3/c1-2-15-20-21-17(29-15)19-14(23)5-6-22-16(24)13(28-18(22)27)8-10-3-4-11-12(7-10)26-9-25-11/h3-4,7-8H,2,5-6,9H2,1H3,(H,19,21,23). The van der Waals surface area contributed by atoms with Crippen LogP contribution in [-0.4, -0.2) is 44.6 Å². The first-order valence-electron chi connectivity index (χ1n) is 8.80. The normalized spacial score (nSPS) is 16.7. The van der Waals surface area contributed by atoms with Crippen molar-refractivity contribution in [3.8, 4) is 11.5 Å². The molecule has 0 unspecified atom stereocenters. The van der Waals surface area contributed by atoms with Gasteiger partial charge in [0.1, 0.15) is 9.33 Å². The van der Waals surface area contributed by atoms with Gasteiger partial charge in [-0.15, -0.1) is 10.2 Å².